The zero-order valence-corrected chi connectivity index (χ0v) is 10.5. The predicted octanol–water partition coefficient (Wildman–Crippen LogP) is 2.12. The van der Waals surface area contributed by atoms with Crippen molar-refractivity contribution in [2.75, 3.05) is 0 Å². The number of benzene rings is 1. The van der Waals surface area contributed by atoms with Crippen molar-refractivity contribution >= 4 is 40.3 Å². The van der Waals surface area contributed by atoms with Crippen LogP contribution in [0.15, 0.2) is 36.0 Å². The number of fused-ring (bicyclic) bond motifs is 1. The Morgan fingerprint density at radius 1 is 1.35 bits per heavy atom. The zero-order valence-electron chi connectivity index (χ0n) is 8.79. The number of rotatable bonds is 2. The lowest BCUT2D eigenvalue weighted by Gasteiger charge is -2.34. The summed E-state index contributed by atoms with van der Waals surface area (Å²) >= 11 is 5.44. The number of carbonyl (C=O) groups excluding carboxylic acids is 2. The number of thiol groups is 1. The van der Waals surface area contributed by atoms with Crippen LogP contribution in [0.2, 0.25) is 0 Å². The van der Waals surface area contributed by atoms with Gasteiger partial charge in [0.15, 0.2) is 0 Å². The molecule has 2 heterocycles. The highest BCUT2D eigenvalue weighted by Gasteiger charge is 2.47. The fourth-order valence-corrected chi connectivity index (χ4v) is 3.74. The molecule has 5 heteroatoms. The van der Waals surface area contributed by atoms with Crippen molar-refractivity contribution in [2.45, 2.75) is 11.8 Å². The van der Waals surface area contributed by atoms with E-state index in [2.05, 4.69) is 12.6 Å². The zero-order chi connectivity index (χ0) is 12.0. The Balaban J connectivity index is 2.10. The summed E-state index contributed by atoms with van der Waals surface area (Å²) in [6.45, 7) is 0. The summed E-state index contributed by atoms with van der Waals surface area (Å²) in [4.78, 5) is 25.5. The molecule has 0 radical (unpaired) electrons. The highest BCUT2D eigenvalue weighted by molar-refractivity contribution is 8.09. The quantitative estimate of drug-likeness (QED) is 0.656. The average molecular weight is 263 g/mol. The lowest BCUT2D eigenvalue weighted by atomic mass is 10.1. The molecule has 1 saturated heterocycles. The first kappa shape index (κ1) is 10.9. The molecule has 2 aliphatic heterocycles. The fraction of sp³-hybridized carbons (Fsp3) is 0.167. The van der Waals surface area contributed by atoms with Crippen LogP contribution in [0.1, 0.15) is 12.0 Å². The Kier molecular flexibility index (Phi) is 2.52. The maximum Gasteiger partial charge on any atom is 0.234 e. The monoisotopic (exact) mass is 263 g/mol. The van der Waals surface area contributed by atoms with Gasteiger partial charge in [0, 0.05) is 4.91 Å². The number of amides is 1. The Morgan fingerprint density at radius 2 is 2.06 bits per heavy atom. The van der Waals surface area contributed by atoms with Gasteiger partial charge in [0.05, 0.1) is 11.8 Å². The molecular weight excluding hydrogens is 254 g/mol. The van der Waals surface area contributed by atoms with E-state index in [0.29, 0.717) is 12.1 Å². The highest BCUT2D eigenvalue weighted by atomic mass is 32.2. The molecule has 0 aromatic heterocycles. The minimum Gasteiger partial charge on any atom is -0.294 e. The van der Waals surface area contributed by atoms with Crippen LogP contribution in [0.25, 0.3) is 4.91 Å². The third-order valence-corrected chi connectivity index (χ3v) is 4.38. The molecule has 0 N–H and O–H groups in total. The van der Waals surface area contributed by atoms with Gasteiger partial charge in [0.25, 0.3) is 0 Å². The van der Waals surface area contributed by atoms with Crippen molar-refractivity contribution in [3.05, 3.63) is 41.6 Å². The van der Waals surface area contributed by atoms with Gasteiger partial charge in [-0.25, -0.2) is 0 Å². The second-order valence-corrected chi connectivity index (χ2v) is 5.48. The molecule has 1 aromatic rings. The number of nitrogens with zero attached hydrogens (tertiary/aromatic N) is 1. The van der Waals surface area contributed by atoms with E-state index >= 15 is 0 Å². The third-order valence-electron chi connectivity index (χ3n) is 2.85. The van der Waals surface area contributed by atoms with Gasteiger partial charge in [-0.1, -0.05) is 54.7 Å². The summed E-state index contributed by atoms with van der Waals surface area (Å²) < 4.78 is 0. The SMILES string of the molecule is O=C(S)C1=C(c2ccccc2)S[C@@H]2CC(=O)N12. The number of thioether (sulfide) groups is 1. The van der Waals surface area contributed by atoms with E-state index < -0.39 is 0 Å². The van der Waals surface area contributed by atoms with E-state index in [9.17, 15) is 9.59 Å². The lowest BCUT2D eigenvalue weighted by Crippen LogP contribution is -2.48. The Hall–Kier alpha value is -1.20. The van der Waals surface area contributed by atoms with Crippen LogP contribution in [0.5, 0.6) is 0 Å². The van der Waals surface area contributed by atoms with Crippen LogP contribution in [-0.4, -0.2) is 21.3 Å². The smallest absolute Gasteiger partial charge is 0.234 e. The average Bonchev–Trinajstić information content (AvgIpc) is 2.63. The normalized spacial score (nSPS) is 22.5. The van der Waals surface area contributed by atoms with Gasteiger partial charge in [0.1, 0.15) is 5.70 Å². The second-order valence-electron chi connectivity index (χ2n) is 3.89. The van der Waals surface area contributed by atoms with Gasteiger partial charge in [-0.3, -0.25) is 14.5 Å². The third kappa shape index (κ3) is 1.61. The van der Waals surface area contributed by atoms with E-state index in [-0.39, 0.29) is 16.4 Å². The molecule has 1 amide bonds. The fourth-order valence-electron chi connectivity index (χ4n) is 2.05. The molecule has 86 valence electrons. The van der Waals surface area contributed by atoms with Gasteiger partial charge >= 0.3 is 0 Å². The summed E-state index contributed by atoms with van der Waals surface area (Å²) in [5.74, 6) is 0.00540. The topological polar surface area (TPSA) is 37.4 Å². The van der Waals surface area contributed by atoms with E-state index in [1.165, 1.54) is 0 Å². The highest BCUT2D eigenvalue weighted by Crippen LogP contribution is 2.50. The summed E-state index contributed by atoms with van der Waals surface area (Å²) in [5.41, 5.74) is 1.41. The van der Waals surface area contributed by atoms with Crippen molar-refractivity contribution in [1.29, 1.82) is 0 Å². The number of carbonyl (C=O) groups is 2. The van der Waals surface area contributed by atoms with Crippen molar-refractivity contribution in [3.8, 4) is 0 Å². The van der Waals surface area contributed by atoms with Gasteiger partial charge in [0.2, 0.25) is 11.0 Å². The van der Waals surface area contributed by atoms with Gasteiger partial charge < -0.3 is 0 Å². The van der Waals surface area contributed by atoms with E-state index in [4.69, 9.17) is 0 Å². The first-order valence-corrected chi connectivity index (χ1v) is 6.53. The first-order valence-electron chi connectivity index (χ1n) is 5.20. The maximum absolute atomic E-state index is 11.6. The van der Waals surface area contributed by atoms with Crippen LogP contribution in [-0.2, 0) is 9.59 Å². The molecule has 0 saturated carbocycles. The van der Waals surface area contributed by atoms with Gasteiger partial charge in [-0.15, -0.1) is 0 Å². The molecule has 0 bridgehead atoms. The van der Waals surface area contributed by atoms with Gasteiger partial charge in [-0.05, 0) is 5.56 Å². The van der Waals surface area contributed by atoms with Gasteiger partial charge in [-0.2, -0.15) is 0 Å². The van der Waals surface area contributed by atoms with Crippen molar-refractivity contribution in [3.63, 3.8) is 0 Å². The first-order chi connectivity index (χ1) is 8.18. The van der Waals surface area contributed by atoms with Crippen LogP contribution in [0.4, 0.5) is 0 Å². The standard InChI is InChI=1S/C12H9NO2S2/c14-8-6-9-13(8)10(12(15)16)11(17-9)7-4-2-1-3-5-7/h1-5,9H,6H2,(H,15,16)/t9-/m1/s1. The lowest BCUT2D eigenvalue weighted by molar-refractivity contribution is -0.139. The van der Waals surface area contributed by atoms with E-state index in [1.54, 1.807) is 16.7 Å². The summed E-state index contributed by atoms with van der Waals surface area (Å²) in [5, 5.41) is -0.254. The molecule has 3 rings (SSSR count). The molecule has 1 aromatic carbocycles. The molecule has 2 aliphatic rings. The maximum atomic E-state index is 11.6. The van der Waals surface area contributed by atoms with Crippen LogP contribution in [0.3, 0.4) is 0 Å². The molecule has 1 atom stereocenters. The van der Waals surface area contributed by atoms with Crippen LogP contribution < -0.4 is 0 Å². The minimum atomic E-state index is -0.341. The molecule has 1 fully saturated rings. The Labute approximate surface area is 108 Å². The van der Waals surface area contributed by atoms with Crippen molar-refractivity contribution < 1.29 is 9.59 Å². The summed E-state index contributed by atoms with van der Waals surface area (Å²) in [6, 6.07) is 9.64. The molecular formula is C12H9NO2S2. The van der Waals surface area contributed by atoms with E-state index in [0.717, 1.165) is 10.5 Å². The summed E-state index contributed by atoms with van der Waals surface area (Å²) in [6.07, 6.45) is 0.506. The van der Waals surface area contributed by atoms with Crippen LogP contribution in [0, 0.1) is 0 Å². The second kappa shape index (κ2) is 3.92. The summed E-state index contributed by atoms with van der Waals surface area (Å²) in [7, 11) is 0. The molecule has 0 aliphatic carbocycles. The molecule has 17 heavy (non-hydrogen) atoms. The largest absolute Gasteiger partial charge is 0.294 e. The van der Waals surface area contributed by atoms with Crippen LogP contribution >= 0.6 is 24.4 Å². The molecule has 0 spiro atoms. The molecule has 3 nitrogen and oxygen atoms in total. The number of hydrogen-bond donors (Lipinski definition) is 1. The van der Waals surface area contributed by atoms with Crippen molar-refractivity contribution in [2.24, 2.45) is 0 Å². The molecule has 0 unspecified atom stereocenters. The Morgan fingerprint density at radius 3 is 2.65 bits per heavy atom. The number of hydrogen-bond acceptors (Lipinski definition) is 3. The van der Waals surface area contributed by atoms with E-state index in [1.807, 2.05) is 30.3 Å². The minimum absolute atomic E-state index is 0.00540. The van der Waals surface area contributed by atoms with Crippen molar-refractivity contribution in [1.82, 2.24) is 4.90 Å². The Bertz CT molecular complexity index is 539. The predicted molar refractivity (Wildman–Crippen MR) is 70.2 cm³/mol. The number of β-lactam (4-membered cyclic amide) rings is 1.